The highest BCUT2D eigenvalue weighted by atomic mass is 32.2. The van der Waals surface area contributed by atoms with Crippen LogP contribution >= 0.6 is 0 Å². The van der Waals surface area contributed by atoms with Crippen LogP contribution in [-0.4, -0.2) is 49.5 Å². The number of benzene rings is 1. The quantitative estimate of drug-likeness (QED) is 0.665. The van der Waals surface area contributed by atoms with Gasteiger partial charge in [0.2, 0.25) is 5.91 Å². The third-order valence-electron chi connectivity index (χ3n) is 4.61. The largest absolute Gasteiger partial charge is 0.358 e. The van der Waals surface area contributed by atoms with Crippen molar-refractivity contribution in [1.82, 2.24) is 14.8 Å². The Morgan fingerprint density at radius 3 is 2.27 bits per heavy atom. The number of likely N-dealkylation sites (N-methyl/N-ethyl adjacent to an activating group) is 1. The van der Waals surface area contributed by atoms with Crippen LogP contribution in [0.5, 0.6) is 0 Å². The van der Waals surface area contributed by atoms with Gasteiger partial charge in [-0.15, -0.1) is 0 Å². The molecule has 0 bridgehead atoms. The molecular weight excluding hydrogens is 406 g/mol. The first kappa shape index (κ1) is 23.3. The number of aryl methyl sites for hydroxylation is 2. The molecule has 162 valence electrons. The van der Waals surface area contributed by atoms with Crippen LogP contribution in [0.1, 0.15) is 34.0 Å². The average molecular weight is 434 g/mol. The van der Waals surface area contributed by atoms with Gasteiger partial charge in [-0.05, 0) is 23.6 Å². The lowest BCUT2D eigenvalue weighted by molar-refractivity contribution is -0.121. The summed E-state index contributed by atoms with van der Waals surface area (Å²) in [5.41, 5.74) is 2.09. The van der Waals surface area contributed by atoms with E-state index in [-0.39, 0.29) is 36.2 Å². The van der Waals surface area contributed by atoms with Crippen molar-refractivity contribution in [2.24, 2.45) is 7.05 Å². The molecule has 0 saturated heterocycles. The number of carbonyl (C=O) groups is 2. The lowest BCUT2D eigenvalue weighted by Crippen LogP contribution is -2.39. The normalized spacial score (nSPS) is 11.2. The summed E-state index contributed by atoms with van der Waals surface area (Å²) in [6, 6.07) is 8.43. The highest BCUT2D eigenvalue weighted by molar-refractivity contribution is 7.89. The van der Waals surface area contributed by atoms with Crippen molar-refractivity contribution >= 4 is 21.7 Å². The highest BCUT2D eigenvalue weighted by Crippen LogP contribution is 2.13. The molecule has 0 spiro atoms. The van der Waals surface area contributed by atoms with Gasteiger partial charge in [0.15, 0.2) is 9.84 Å². The molecule has 0 aliphatic heterocycles. The summed E-state index contributed by atoms with van der Waals surface area (Å²) < 4.78 is 24.3. The number of amides is 2. The molecule has 1 heterocycles. The van der Waals surface area contributed by atoms with Gasteiger partial charge in [0.05, 0.1) is 11.3 Å². The molecule has 0 fully saturated rings. The summed E-state index contributed by atoms with van der Waals surface area (Å²) in [7, 11) is -0.0638. The zero-order valence-electron chi connectivity index (χ0n) is 17.6. The van der Waals surface area contributed by atoms with Crippen molar-refractivity contribution in [1.29, 1.82) is 0 Å². The molecule has 0 saturated carbocycles. The zero-order valence-corrected chi connectivity index (χ0v) is 18.5. The van der Waals surface area contributed by atoms with Gasteiger partial charge in [-0.25, -0.2) is 8.42 Å². The predicted octanol–water partition coefficient (Wildman–Crippen LogP) is 0.881. The lowest BCUT2D eigenvalue weighted by atomic mass is 10.1. The van der Waals surface area contributed by atoms with Gasteiger partial charge < -0.3 is 14.8 Å². The van der Waals surface area contributed by atoms with E-state index in [9.17, 15) is 22.8 Å². The second-order valence-corrected chi connectivity index (χ2v) is 9.38. The first-order valence-corrected chi connectivity index (χ1v) is 11.5. The van der Waals surface area contributed by atoms with Crippen LogP contribution in [0, 0.1) is 0 Å². The van der Waals surface area contributed by atoms with E-state index in [0.29, 0.717) is 23.1 Å². The van der Waals surface area contributed by atoms with Gasteiger partial charge in [0.1, 0.15) is 6.54 Å². The third-order valence-corrected chi connectivity index (χ3v) is 5.47. The van der Waals surface area contributed by atoms with Crippen LogP contribution in [0.4, 0.5) is 0 Å². The van der Waals surface area contributed by atoms with Gasteiger partial charge >= 0.3 is 0 Å². The Kier molecular flexibility index (Phi) is 7.55. The number of nitrogens with zero attached hydrogens (tertiary/aromatic N) is 2. The molecule has 1 N–H and O–H groups in total. The van der Waals surface area contributed by atoms with E-state index in [4.69, 9.17) is 0 Å². The van der Waals surface area contributed by atoms with Gasteiger partial charge in [0.25, 0.3) is 11.5 Å². The molecule has 2 aromatic rings. The Balaban J connectivity index is 2.32. The van der Waals surface area contributed by atoms with Crippen molar-refractivity contribution in [3.05, 3.63) is 69.1 Å². The Labute approximate surface area is 176 Å². The van der Waals surface area contributed by atoms with Crippen molar-refractivity contribution in [3.63, 3.8) is 0 Å². The van der Waals surface area contributed by atoms with Crippen LogP contribution in [0.25, 0.3) is 0 Å². The number of rotatable bonds is 8. The van der Waals surface area contributed by atoms with E-state index >= 15 is 0 Å². The molecule has 0 radical (unpaired) electrons. The summed E-state index contributed by atoms with van der Waals surface area (Å²) in [6.07, 6.45) is 3.13. The minimum Gasteiger partial charge on any atom is -0.358 e. The maximum Gasteiger partial charge on any atom is 0.256 e. The van der Waals surface area contributed by atoms with E-state index < -0.39 is 9.84 Å². The van der Waals surface area contributed by atoms with Gasteiger partial charge in [0, 0.05) is 38.7 Å². The molecule has 9 heteroatoms. The lowest BCUT2D eigenvalue weighted by Gasteiger charge is -2.23. The van der Waals surface area contributed by atoms with Crippen molar-refractivity contribution in [2.45, 2.75) is 25.6 Å². The molecule has 8 nitrogen and oxygen atoms in total. The van der Waals surface area contributed by atoms with E-state index in [0.717, 1.165) is 5.56 Å². The number of nitrogens with one attached hydrogen (secondary N) is 1. The number of carbonyl (C=O) groups excluding carboxylic acids is 2. The molecule has 0 unspecified atom stereocenters. The molecule has 1 aromatic carbocycles. The van der Waals surface area contributed by atoms with Gasteiger partial charge in [-0.2, -0.15) is 0 Å². The van der Waals surface area contributed by atoms with E-state index in [1.807, 2.05) is 6.92 Å². The SMILES string of the molecule is CCc1cc(C(=O)N(CC(=O)NC)Cc2ccc(CS(C)(=O)=O)cc2)cn(C)c1=O. The fraction of sp³-hybridized carbons (Fsp3) is 0.381. The molecule has 2 amide bonds. The van der Waals surface area contributed by atoms with E-state index in [2.05, 4.69) is 5.32 Å². The number of hydrogen-bond acceptors (Lipinski definition) is 5. The van der Waals surface area contributed by atoms with Crippen LogP contribution < -0.4 is 10.9 Å². The second-order valence-electron chi connectivity index (χ2n) is 7.24. The summed E-state index contributed by atoms with van der Waals surface area (Å²) in [6.45, 7) is 1.85. The molecule has 2 rings (SSSR count). The Bertz CT molecular complexity index is 1090. The predicted molar refractivity (Wildman–Crippen MR) is 115 cm³/mol. The summed E-state index contributed by atoms with van der Waals surface area (Å²) in [4.78, 5) is 38.6. The zero-order chi connectivity index (χ0) is 22.5. The standard InChI is InChI=1S/C21H27N3O5S/c1-5-17-10-18(12-23(3)20(17)26)21(27)24(13-19(25)22-2)11-15-6-8-16(9-7-15)14-30(4,28)29/h6-10,12H,5,11,13-14H2,1-4H3,(H,22,25). The fourth-order valence-corrected chi connectivity index (χ4v) is 3.85. The van der Waals surface area contributed by atoms with Crippen molar-refractivity contribution < 1.29 is 18.0 Å². The summed E-state index contributed by atoms with van der Waals surface area (Å²) >= 11 is 0. The number of aromatic nitrogens is 1. The molecule has 0 atom stereocenters. The first-order valence-electron chi connectivity index (χ1n) is 9.49. The summed E-state index contributed by atoms with van der Waals surface area (Å²) in [5.74, 6) is -0.756. The van der Waals surface area contributed by atoms with Crippen LogP contribution in [-0.2, 0) is 40.4 Å². The van der Waals surface area contributed by atoms with Crippen molar-refractivity contribution in [2.75, 3.05) is 19.8 Å². The van der Waals surface area contributed by atoms with Crippen LogP contribution in [0.2, 0.25) is 0 Å². The fourth-order valence-electron chi connectivity index (χ4n) is 3.05. The smallest absolute Gasteiger partial charge is 0.256 e. The van der Waals surface area contributed by atoms with Crippen LogP contribution in [0.15, 0.2) is 41.3 Å². The van der Waals surface area contributed by atoms with Gasteiger partial charge in [-0.3, -0.25) is 14.4 Å². The maximum atomic E-state index is 13.1. The van der Waals surface area contributed by atoms with E-state index in [1.54, 1.807) is 37.4 Å². The topological polar surface area (TPSA) is 106 Å². The number of hydrogen-bond donors (Lipinski definition) is 1. The van der Waals surface area contributed by atoms with Gasteiger partial charge in [-0.1, -0.05) is 31.2 Å². The third kappa shape index (κ3) is 6.28. The summed E-state index contributed by atoms with van der Waals surface area (Å²) in [5, 5.41) is 2.51. The Morgan fingerprint density at radius 2 is 1.73 bits per heavy atom. The first-order chi connectivity index (χ1) is 14.0. The molecule has 30 heavy (non-hydrogen) atoms. The highest BCUT2D eigenvalue weighted by Gasteiger charge is 2.20. The Morgan fingerprint density at radius 1 is 1.13 bits per heavy atom. The van der Waals surface area contributed by atoms with E-state index in [1.165, 1.54) is 29.0 Å². The monoisotopic (exact) mass is 433 g/mol. The molecule has 1 aromatic heterocycles. The second kappa shape index (κ2) is 9.71. The minimum atomic E-state index is -3.14. The molecule has 0 aliphatic rings. The Hall–Kier alpha value is -2.94. The number of pyridine rings is 1. The molecular formula is C21H27N3O5S. The van der Waals surface area contributed by atoms with Crippen molar-refractivity contribution in [3.8, 4) is 0 Å². The average Bonchev–Trinajstić information content (AvgIpc) is 2.69. The van der Waals surface area contributed by atoms with Crippen LogP contribution in [0.3, 0.4) is 0 Å². The minimum absolute atomic E-state index is 0.0635. The number of sulfone groups is 1. The maximum absolute atomic E-state index is 13.1. The molecule has 0 aliphatic carbocycles.